The minimum atomic E-state index is -0.515. The van der Waals surface area contributed by atoms with Gasteiger partial charge in [0.05, 0.1) is 10.7 Å². The molecule has 0 atom stereocenters. The van der Waals surface area contributed by atoms with Gasteiger partial charge >= 0.3 is 0 Å². The molecule has 104 valence electrons. The minimum Gasteiger partial charge on any atom is -0.487 e. The predicted octanol–water partition coefficient (Wildman–Crippen LogP) is 2.06. The van der Waals surface area contributed by atoms with E-state index in [1.807, 2.05) is 5.43 Å². The van der Waals surface area contributed by atoms with Crippen molar-refractivity contribution in [2.45, 2.75) is 6.61 Å². The number of carbonyl (C=O) groups is 1. The van der Waals surface area contributed by atoms with Gasteiger partial charge in [0.15, 0.2) is 0 Å². The van der Waals surface area contributed by atoms with Crippen LogP contribution in [-0.2, 0) is 6.61 Å². The Morgan fingerprint density at radius 2 is 2.20 bits per heavy atom. The van der Waals surface area contributed by atoms with Gasteiger partial charge in [-0.15, -0.1) is 0 Å². The third kappa shape index (κ3) is 3.43. The van der Waals surface area contributed by atoms with Crippen LogP contribution in [0.1, 0.15) is 16.2 Å². The predicted molar refractivity (Wildman–Crippen MR) is 71.6 cm³/mol. The van der Waals surface area contributed by atoms with Crippen LogP contribution in [0.5, 0.6) is 5.75 Å². The average molecular weight is 296 g/mol. The number of nitrogens with zero attached hydrogens (tertiary/aromatic N) is 1. The fourth-order valence-corrected chi connectivity index (χ4v) is 1.65. The smallest absolute Gasteiger partial charge is 0.283 e. The number of rotatable bonds is 4. The summed E-state index contributed by atoms with van der Waals surface area (Å²) in [5.41, 5.74) is 2.71. The normalized spacial score (nSPS) is 10.2. The van der Waals surface area contributed by atoms with E-state index in [0.29, 0.717) is 11.4 Å². The summed E-state index contributed by atoms with van der Waals surface area (Å²) in [5, 5.41) is -0.0216. The topological polar surface area (TPSA) is 77.2 Å². The van der Waals surface area contributed by atoms with Crippen LogP contribution < -0.4 is 16.0 Å². The number of nitrogens with two attached hydrogens (primary N) is 1. The zero-order valence-electron chi connectivity index (χ0n) is 10.3. The monoisotopic (exact) mass is 295 g/mol. The Balaban J connectivity index is 2.07. The van der Waals surface area contributed by atoms with Crippen molar-refractivity contribution in [1.29, 1.82) is 0 Å². The molecule has 1 amide bonds. The summed E-state index contributed by atoms with van der Waals surface area (Å²) < 4.78 is 18.4. The second-order valence-electron chi connectivity index (χ2n) is 3.85. The molecular formula is C13H11ClFN3O2. The summed E-state index contributed by atoms with van der Waals surface area (Å²) in [6.45, 7) is 0.119. The Kier molecular flexibility index (Phi) is 4.49. The van der Waals surface area contributed by atoms with Crippen LogP contribution in [0.25, 0.3) is 0 Å². The van der Waals surface area contributed by atoms with Gasteiger partial charge in [0.25, 0.3) is 5.91 Å². The highest BCUT2D eigenvalue weighted by Crippen LogP contribution is 2.21. The minimum absolute atomic E-state index is 0.0216. The highest BCUT2D eigenvalue weighted by molar-refractivity contribution is 6.30. The number of pyridine rings is 1. The molecule has 0 unspecified atom stereocenters. The number of hydrogen-bond acceptors (Lipinski definition) is 4. The summed E-state index contributed by atoms with van der Waals surface area (Å²) in [6.07, 6.45) is 0. The lowest BCUT2D eigenvalue weighted by atomic mass is 10.3. The van der Waals surface area contributed by atoms with E-state index in [1.165, 1.54) is 24.3 Å². The van der Waals surface area contributed by atoms with E-state index < -0.39 is 11.7 Å². The van der Waals surface area contributed by atoms with Gasteiger partial charge in [-0.05, 0) is 24.3 Å². The maximum absolute atomic E-state index is 13.0. The third-order valence-corrected chi connectivity index (χ3v) is 2.74. The SMILES string of the molecule is NNC(=O)c1cccc(COc2ccc(F)c(Cl)c2)n1. The number of carbonyl (C=O) groups excluding carboxylic acids is 1. The van der Waals surface area contributed by atoms with Gasteiger partial charge in [-0.1, -0.05) is 17.7 Å². The Bertz CT molecular complexity index is 637. The fourth-order valence-electron chi connectivity index (χ4n) is 1.48. The van der Waals surface area contributed by atoms with Gasteiger partial charge in [-0.25, -0.2) is 15.2 Å². The van der Waals surface area contributed by atoms with E-state index in [1.54, 1.807) is 12.1 Å². The molecule has 2 aromatic rings. The summed E-state index contributed by atoms with van der Waals surface area (Å²) in [6, 6.07) is 8.92. The number of benzene rings is 1. The lowest BCUT2D eigenvalue weighted by Gasteiger charge is -2.07. The molecule has 0 saturated heterocycles. The maximum atomic E-state index is 13.0. The largest absolute Gasteiger partial charge is 0.487 e. The van der Waals surface area contributed by atoms with Crippen LogP contribution in [-0.4, -0.2) is 10.9 Å². The Labute approximate surface area is 119 Å². The number of nitrogen functional groups attached to an aromatic ring is 1. The number of amides is 1. The van der Waals surface area contributed by atoms with Gasteiger partial charge in [0.1, 0.15) is 23.9 Å². The van der Waals surface area contributed by atoms with Crippen molar-refractivity contribution in [3.05, 3.63) is 58.6 Å². The molecular weight excluding hydrogens is 285 g/mol. The Hall–Kier alpha value is -2.18. The quantitative estimate of drug-likeness (QED) is 0.514. The molecule has 1 aromatic carbocycles. The molecule has 0 aliphatic carbocycles. The van der Waals surface area contributed by atoms with Crippen molar-refractivity contribution in [3.63, 3.8) is 0 Å². The van der Waals surface area contributed by atoms with Crippen LogP contribution in [0.4, 0.5) is 4.39 Å². The molecule has 2 rings (SSSR count). The van der Waals surface area contributed by atoms with Crippen molar-refractivity contribution in [3.8, 4) is 5.75 Å². The Morgan fingerprint density at radius 1 is 1.40 bits per heavy atom. The molecule has 0 aliphatic heterocycles. The molecule has 0 radical (unpaired) electrons. The molecule has 1 aromatic heterocycles. The van der Waals surface area contributed by atoms with Gasteiger partial charge in [0, 0.05) is 6.07 Å². The first-order valence-electron chi connectivity index (χ1n) is 5.65. The highest BCUT2D eigenvalue weighted by Gasteiger charge is 2.07. The summed E-state index contributed by atoms with van der Waals surface area (Å²) in [5.74, 6) is 4.43. The molecule has 3 N–H and O–H groups in total. The van der Waals surface area contributed by atoms with Crippen LogP contribution in [0.3, 0.4) is 0 Å². The molecule has 0 spiro atoms. The van der Waals surface area contributed by atoms with Crippen molar-refractivity contribution < 1.29 is 13.9 Å². The summed E-state index contributed by atoms with van der Waals surface area (Å²) in [7, 11) is 0. The fraction of sp³-hybridized carbons (Fsp3) is 0.0769. The lowest BCUT2D eigenvalue weighted by Crippen LogP contribution is -2.30. The Morgan fingerprint density at radius 3 is 2.90 bits per heavy atom. The van der Waals surface area contributed by atoms with E-state index in [9.17, 15) is 9.18 Å². The van der Waals surface area contributed by atoms with Gasteiger partial charge in [-0.3, -0.25) is 10.2 Å². The molecule has 0 aliphatic rings. The van der Waals surface area contributed by atoms with E-state index in [-0.39, 0.29) is 17.3 Å². The molecule has 0 saturated carbocycles. The summed E-state index contributed by atoms with van der Waals surface area (Å²) >= 11 is 5.64. The molecule has 7 heteroatoms. The van der Waals surface area contributed by atoms with Crippen molar-refractivity contribution in [2.75, 3.05) is 0 Å². The number of ether oxygens (including phenoxy) is 1. The van der Waals surface area contributed by atoms with Gasteiger partial charge in [-0.2, -0.15) is 0 Å². The van der Waals surface area contributed by atoms with Crippen molar-refractivity contribution in [1.82, 2.24) is 10.4 Å². The summed E-state index contributed by atoms with van der Waals surface area (Å²) in [4.78, 5) is 15.4. The van der Waals surface area contributed by atoms with E-state index >= 15 is 0 Å². The second-order valence-corrected chi connectivity index (χ2v) is 4.26. The molecule has 0 fully saturated rings. The molecule has 1 heterocycles. The first kappa shape index (κ1) is 14.2. The van der Waals surface area contributed by atoms with Gasteiger partial charge < -0.3 is 4.74 Å². The van der Waals surface area contributed by atoms with Crippen LogP contribution in [0.2, 0.25) is 5.02 Å². The van der Waals surface area contributed by atoms with Crippen LogP contribution in [0.15, 0.2) is 36.4 Å². The van der Waals surface area contributed by atoms with E-state index in [0.717, 1.165) is 0 Å². The number of hydrazine groups is 1. The first-order valence-corrected chi connectivity index (χ1v) is 6.02. The third-order valence-electron chi connectivity index (χ3n) is 2.45. The van der Waals surface area contributed by atoms with Crippen molar-refractivity contribution >= 4 is 17.5 Å². The van der Waals surface area contributed by atoms with Crippen molar-refractivity contribution in [2.24, 2.45) is 5.84 Å². The van der Waals surface area contributed by atoms with Crippen LogP contribution >= 0.6 is 11.6 Å². The second kappa shape index (κ2) is 6.31. The zero-order valence-corrected chi connectivity index (χ0v) is 11.0. The van der Waals surface area contributed by atoms with E-state index in [2.05, 4.69) is 4.98 Å². The molecule has 0 bridgehead atoms. The number of nitrogens with one attached hydrogen (secondary N) is 1. The molecule has 20 heavy (non-hydrogen) atoms. The number of halogens is 2. The zero-order chi connectivity index (χ0) is 14.5. The van der Waals surface area contributed by atoms with Gasteiger partial charge in [0.2, 0.25) is 0 Å². The first-order chi connectivity index (χ1) is 9.60. The number of hydrogen-bond donors (Lipinski definition) is 2. The lowest BCUT2D eigenvalue weighted by molar-refractivity contribution is 0.0948. The highest BCUT2D eigenvalue weighted by atomic mass is 35.5. The van der Waals surface area contributed by atoms with E-state index in [4.69, 9.17) is 22.2 Å². The molecule has 5 nitrogen and oxygen atoms in total. The standard InChI is InChI=1S/C13H11ClFN3O2/c14-10-6-9(4-5-11(10)15)20-7-8-2-1-3-12(17-8)13(19)18-16/h1-6H,7,16H2,(H,18,19). The van der Waals surface area contributed by atoms with Crippen LogP contribution in [0, 0.1) is 5.82 Å². The maximum Gasteiger partial charge on any atom is 0.283 e. The average Bonchev–Trinajstić information content (AvgIpc) is 2.48. The number of aromatic nitrogens is 1.